The Morgan fingerprint density at radius 2 is 1.79 bits per heavy atom. The molecular formula is C30H44N4O8S. The second-order valence-electron chi connectivity index (χ2n) is 11.9. The average molecular weight is 621 g/mol. The molecular weight excluding hydrogens is 576 g/mol. The molecule has 2 aliphatic heterocycles. The molecule has 0 bridgehead atoms. The number of benzene rings is 1. The smallest absolute Gasteiger partial charge is 0.408 e. The summed E-state index contributed by atoms with van der Waals surface area (Å²) in [6.07, 6.45) is 6.45. The molecule has 43 heavy (non-hydrogen) atoms. The summed E-state index contributed by atoms with van der Waals surface area (Å²) in [5.41, 5.74) is 0.898. The van der Waals surface area contributed by atoms with Crippen LogP contribution in [-0.2, 0) is 31.0 Å². The lowest BCUT2D eigenvalue weighted by atomic mass is 9.83. The van der Waals surface area contributed by atoms with Gasteiger partial charge in [0.05, 0.1) is 18.8 Å². The number of aldehydes is 1. The number of hydrogen-bond donors (Lipinski definition) is 2. The van der Waals surface area contributed by atoms with Crippen LogP contribution in [0.5, 0.6) is 5.75 Å². The van der Waals surface area contributed by atoms with Crippen molar-refractivity contribution in [1.82, 2.24) is 19.4 Å². The average Bonchev–Trinajstić information content (AvgIpc) is 3.21. The van der Waals surface area contributed by atoms with Crippen LogP contribution in [-0.4, -0.2) is 102 Å². The van der Waals surface area contributed by atoms with Crippen molar-refractivity contribution in [2.75, 3.05) is 32.5 Å². The molecule has 3 amide bonds. The summed E-state index contributed by atoms with van der Waals surface area (Å²) in [4.78, 5) is 54.3. The molecule has 4 rings (SSSR count). The molecule has 1 aromatic rings. The third kappa shape index (κ3) is 8.91. The van der Waals surface area contributed by atoms with Gasteiger partial charge in [0.2, 0.25) is 21.8 Å². The lowest BCUT2D eigenvalue weighted by Gasteiger charge is -2.41. The Balaban J connectivity index is 1.42. The first-order valence-electron chi connectivity index (χ1n) is 15.3. The van der Waals surface area contributed by atoms with E-state index in [0.717, 1.165) is 49.7 Å². The summed E-state index contributed by atoms with van der Waals surface area (Å²) in [6, 6.07) is 5.02. The van der Waals surface area contributed by atoms with E-state index < -0.39 is 40.1 Å². The molecule has 1 aliphatic carbocycles. The molecule has 2 atom stereocenters. The highest BCUT2D eigenvalue weighted by Crippen LogP contribution is 2.31. The monoisotopic (exact) mass is 620 g/mol. The van der Waals surface area contributed by atoms with Crippen molar-refractivity contribution in [3.63, 3.8) is 0 Å². The normalized spacial score (nSPS) is 20.2. The van der Waals surface area contributed by atoms with Crippen LogP contribution in [0.2, 0.25) is 0 Å². The number of para-hydroxylation sites is 1. The van der Waals surface area contributed by atoms with Gasteiger partial charge in [-0.15, -0.1) is 0 Å². The number of fused-ring (bicyclic) bond motifs is 1. The molecule has 238 valence electrons. The quantitative estimate of drug-likeness (QED) is 0.358. The predicted molar refractivity (Wildman–Crippen MR) is 159 cm³/mol. The first kappa shape index (κ1) is 32.7. The zero-order valence-electron chi connectivity index (χ0n) is 24.9. The van der Waals surface area contributed by atoms with Gasteiger partial charge in [-0.05, 0) is 37.7 Å². The molecule has 1 saturated heterocycles. The minimum Gasteiger partial charge on any atom is -0.491 e. The third-order valence-corrected chi connectivity index (χ3v) is 10.2. The molecule has 12 nitrogen and oxygen atoms in total. The number of amides is 3. The molecule has 2 heterocycles. The van der Waals surface area contributed by atoms with Gasteiger partial charge in [-0.1, -0.05) is 50.3 Å². The largest absolute Gasteiger partial charge is 0.491 e. The van der Waals surface area contributed by atoms with E-state index >= 15 is 0 Å². The first-order valence-corrected chi connectivity index (χ1v) is 17.1. The number of carbonyl (C=O) groups is 4. The van der Waals surface area contributed by atoms with E-state index in [1.165, 1.54) is 9.21 Å². The van der Waals surface area contributed by atoms with Gasteiger partial charge in [0.25, 0.3) is 0 Å². The Labute approximate surface area is 253 Å². The number of carboxylic acid groups (broad SMARTS) is 1. The highest BCUT2D eigenvalue weighted by molar-refractivity contribution is 7.88. The van der Waals surface area contributed by atoms with E-state index in [2.05, 4.69) is 5.32 Å². The summed E-state index contributed by atoms with van der Waals surface area (Å²) < 4.78 is 31.1. The van der Waals surface area contributed by atoms with Crippen molar-refractivity contribution in [1.29, 1.82) is 0 Å². The van der Waals surface area contributed by atoms with Crippen LogP contribution in [0.4, 0.5) is 4.79 Å². The Morgan fingerprint density at radius 1 is 1.09 bits per heavy atom. The van der Waals surface area contributed by atoms with Crippen molar-refractivity contribution in [2.24, 2.45) is 5.92 Å². The Morgan fingerprint density at radius 3 is 2.44 bits per heavy atom. The van der Waals surface area contributed by atoms with E-state index in [1.807, 2.05) is 24.3 Å². The van der Waals surface area contributed by atoms with Gasteiger partial charge in [-0.2, -0.15) is 0 Å². The summed E-state index contributed by atoms with van der Waals surface area (Å²) in [6.45, 7) is 1.50. The van der Waals surface area contributed by atoms with Gasteiger partial charge in [-0.25, -0.2) is 17.5 Å². The molecule has 0 radical (unpaired) electrons. The summed E-state index contributed by atoms with van der Waals surface area (Å²) in [5.74, 6) is 0.196. The summed E-state index contributed by atoms with van der Waals surface area (Å²) >= 11 is 0. The van der Waals surface area contributed by atoms with Gasteiger partial charge in [0, 0.05) is 37.7 Å². The summed E-state index contributed by atoms with van der Waals surface area (Å²) in [7, 11) is -3.40. The highest BCUT2D eigenvalue weighted by atomic mass is 32.2. The minimum absolute atomic E-state index is 0.0335. The zero-order chi connectivity index (χ0) is 31.0. The van der Waals surface area contributed by atoms with Crippen LogP contribution in [0.3, 0.4) is 0 Å². The van der Waals surface area contributed by atoms with Crippen molar-refractivity contribution < 1.29 is 37.4 Å². The van der Waals surface area contributed by atoms with Crippen LogP contribution >= 0.6 is 0 Å². The van der Waals surface area contributed by atoms with Gasteiger partial charge in [0.15, 0.2) is 0 Å². The Kier molecular flexibility index (Phi) is 11.4. The fourth-order valence-electron chi connectivity index (χ4n) is 6.51. The molecule has 0 unspecified atom stereocenters. The molecule has 13 heteroatoms. The number of sulfonamides is 1. The molecule has 2 fully saturated rings. The maximum atomic E-state index is 13.7. The number of rotatable bonds is 11. The van der Waals surface area contributed by atoms with Gasteiger partial charge in [0.1, 0.15) is 24.7 Å². The molecule has 0 aromatic heterocycles. The van der Waals surface area contributed by atoms with E-state index in [0.29, 0.717) is 32.4 Å². The fourth-order valence-corrected chi connectivity index (χ4v) is 7.38. The molecule has 1 aromatic carbocycles. The topological polar surface area (TPSA) is 154 Å². The second kappa shape index (κ2) is 15.0. The number of ether oxygens (including phenoxy) is 1. The first-order chi connectivity index (χ1) is 20.6. The van der Waals surface area contributed by atoms with E-state index in [1.54, 1.807) is 4.90 Å². The Hall–Kier alpha value is -3.19. The van der Waals surface area contributed by atoms with Gasteiger partial charge < -0.3 is 24.9 Å². The van der Waals surface area contributed by atoms with Crippen LogP contribution in [0.1, 0.15) is 69.8 Å². The van der Waals surface area contributed by atoms with Crippen molar-refractivity contribution in [3.8, 4) is 5.75 Å². The van der Waals surface area contributed by atoms with E-state index in [9.17, 15) is 32.7 Å². The van der Waals surface area contributed by atoms with Crippen LogP contribution in [0.15, 0.2) is 24.3 Å². The van der Waals surface area contributed by atoms with Crippen LogP contribution < -0.4 is 10.1 Å². The predicted octanol–water partition coefficient (Wildman–Crippen LogP) is 2.61. The van der Waals surface area contributed by atoms with Crippen molar-refractivity contribution >= 4 is 34.2 Å². The second-order valence-corrected chi connectivity index (χ2v) is 13.9. The summed E-state index contributed by atoms with van der Waals surface area (Å²) in [5, 5.41) is 13.0. The molecule has 1 saturated carbocycles. The molecule has 3 aliphatic rings. The van der Waals surface area contributed by atoms with Crippen LogP contribution in [0, 0.1) is 5.92 Å². The number of hydrogen-bond acceptors (Lipinski definition) is 7. The van der Waals surface area contributed by atoms with Crippen molar-refractivity contribution in [2.45, 2.75) is 88.9 Å². The SMILES string of the molecule is CS(=O)(=O)N1CCC(N(C(=O)O)[C@@H](CC2CCCCC2)C(=O)N[C@H](C=O)CCC(=O)N2CCOc3ccccc3C2)CC1. The van der Waals surface area contributed by atoms with Gasteiger partial charge in [-0.3, -0.25) is 14.5 Å². The number of carbonyl (C=O) groups excluding carboxylic acids is 3. The molecule has 2 N–H and O–H groups in total. The fraction of sp³-hybridized carbons (Fsp3) is 0.667. The lowest BCUT2D eigenvalue weighted by Crippen LogP contribution is -2.58. The number of nitrogens with one attached hydrogen (secondary N) is 1. The minimum atomic E-state index is -3.40. The maximum absolute atomic E-state index is 13.7. The van der Waals surface area contributed by atoms with E-state index in [4.69, 9.17) is 4.74 Å². The molecule has 0 spiro atoms. The third-order valence-electron chi connectivity index (χ3n) is 8.89. The van der Waals surface area contributed by atoms with Crippen molar-refractivity contribution in [3.05, 3.63) is 29.8 Å². The standard InChI is InChI=1S/C30H44N4O8S/c1-43(40,41)33-15-13-25(14-16-33)34(30(38)39)26(19-22-7-3-2-4-8-22)29(37)31-24(21-35)11-12-28(36)32-17-18-42-27-10-6-5-9-23(27)20-32/h5-6,9-10,21-22,24-26H,2-4,7-8,11-20H2,1H3,(H,31,37)(H,38,39)/t24-,26-/m0/s1. The lowest BCUT2D eigenvalue weighted by molar-refractivity contribution is -0.133. The highest BCUT2D eigenvalue weighted by Gasteiger charge is 2.40. The van der Waals surface area contributed by atoms with Crippen LogP contribution in [0.25, 0.3) is 0 Å². The van der Waals surface area contributed by atoms with Gasteiger partial charge >= 0.3 is 6.09 Å². The Bertz CT molecular complexity index is 1240. The maximum Gasteiger partial charge on any atom is 0.408 e. The number of piperidine rings is 1. The zero-order valence-corrected chi connectivity index (χ0v) is 25.7. The number of nitrogens with zero attached hydrogens (tertiary/aromatic N) is 3. The van der Waals surface area contributed by atoms with E-state index in [-0.39, 0.29) is 50.6 Å².